The normalized spacial score (nSPS) is 57.7. The number of allylic oxidation sites excluding steroid dienone is 2. The monoisotopic (exact) mass is 316 g/mol. The second-order valence-electron chi connectivity index (χ2n) is 9.94. The standard InChI is InChI=1S/C22H36O/c1-5-15-6-7-18-20-14(2)12-16-13-17(23)8-10-22(16,4)19(20)9-11-21(15,18)3/h5,14,16-20,23H,6-13H2,1-4H3/b15-5-/t14?,16-,17-,18-,19-,20-,21+,22-/m0/s1. The first-order valence-electron chi connectivity index (χ1n) is 10.2. The van der Waals surface area contributed by atoms with E-state index >= 15 is 0 Å². The molecule has 0 bridgehead atoms. The zero-order valence-corrected chi connectivity index (χ0v) is 15.6. The second-order valence-corrected chi connectivity index (χ2v) is 9.94. The largest absolute Gasteiger partial charge is 0.393 e. The zero-order chi connectivity index (χ0) is 16.4. The van der Waals surface area contributed by atoms with Crippen LogP contribution in [0.2, 0.25) is 0 Å². The zero-order valence-electron chi connectivity index (χ0n) is 15.6. The SMILES string of the molecule is C/C=C1/CC[C@H]2[C@@H]3C(C)C[C@H]4C[C@@H](O)CC[C@]4(C)[C@H]3CC[C@]12C. The molecule has 1 heteroatoms. The maximum Gasteiger partial charge on any atom is 0.0543 e. The predicted octanol–water partition coefficient (Wildman–Crippen LogP) is 5.58. The molecule has 1 N–H and O–H groups in total. The summed E-state index contributed by atoms with van der Waals surface area (Å²) in [5.74, 6) is 4.39. The van der Waals surface area contributed by atoms with Crippen LogP contribution in [-0.4, -0.2) is 11.2 Å². The second kappa shape index (κ2) is 5.35. The lowest BCUT2D eigenvalue weighted by molar-refractivity contribution is -0.138. The molecule has 8 atom stereocenters. The molecule has 0 saturated heterocycles. The Bertz CT molecular complexity index is 508. The summed E-state index contributed by atoms with van der Waals surface area (Å²) in [7, 11) is 0. The summed E-state index contributed by atoms with van der Waals surface area (Å²) in [6, 6.07) is 0. The average Bonchev–Trinajstić information content (AvgIpc) is 2.85. The average molecular weight is 317 g/mol. The molecule has 0 aromatic heterocycles. The van der Waals surface area contributed by atoms with Crippen LogP contribution >= 0.6 is 0 Å². The van der Waals surface area contributed by atoms with Crippen molar-refractivity contribution in [3.8, 4) is 0 Å². The third-order valence-corrected chi connectivity index (χ3v) is 9.19. The summed E-state index contributed by atoms with van der Waals surface area (Å²) >= 11 is 0. The molecule has 1 unspecified atom stereocenters. The Morgan fingerprint density at radius 3 is 2.57 bits per heavy atom. The summed E-state index contributed by atoms with van der Waals surface area (Å²) < 4.78 is 0. The minimum absolute atomic E-state index is 0.0215. The van der Waals surface area contributed by atoms with Crippen LogP contribution in [-0.2, 0) is 0 Å². The van der Waals surface area contributed by atoms with E-state index in [0.717, 1.165) is 42.4 Å². The van der Waals surface area contributed by atoms with Gasteiger partial charge in [0, 0.05) is 0 Å². The first-order chi connectivity index (χ1) is 10.9. The first kappa shape index (κ1) is 16.2. The molecule has 4 aliphatic carbocycles. The fourth-order valence-corrected chi connectivity index (χ4v) is 7.94. The summed E-state index contributed by atoms with van der Waals surface area (Å²) in [4.78, 5) is 0. The summed E-state index contributed by atoms with van der Waals surface area (Å²) in [5.41, 5.74) is 2.78. The van der Waals surface area contributed by atoms with Gasteiger partial charge < -0.3 is 5.11 Å². The van der Waals surface area contributed by atoms with Crippen LogP contribution in [0.25, 0.3) is 0 Å². The van der Waals surface area contributed by atoms with Crippen molar-refractivity contribution < 1.29 is 5.11 Å². The lowest BCUT2D eigenvalue weighted by atomic mass is 9.43. The van der Waals surface area contributed by atoms with E-state index in [0.29, 0.717) is 10.8 Å². The van der Waals surface area contributed by atoms with Gasteiger partial charge in [-0.2, -0.15) is 0 Å². The molecule has 130 valence electrons. The van der Waals surface area contributed by atoms with E-state index in [1.165, 1.54) is 38.5 Å². The molecule has 0 aromatic carbocycles. The molecular formula is C22H36O. The van der Waals surface area contributed by atoms with Gasteiger partial charge in [0.2, 0.25) is 0 Å². The van der Waals surface area contributed by atoms with E-state index in [9.17, 15) is 5.11 Å². The van der Waals surface area contributed by atoms with Gasteiger partial charge >= 0.3 is 0 Å². The predicted molar refractivity (Wildman–Crippen MR) is 96.0 cm³/mol. The molecule has 0 aliphatic heterocycles. The van der Waals surface area contributed by atoms with Crippen LogP contribution < -0.4 is 0 Å². The van der Waals surface area contributed by atoms with E-state index in [2.05, 4.69) is 33.8 Å². The van der Waals surface area contributed by atoms with Crippen LogP contribution in [0.1, 0.15) is 79.1 Å². The van der Waals surface area contributed by atoms with Gasteiger partial charge in [0.1, 0.15) is 0 Å². The highest BCUT2D eigenvalue weighted by Crippen LogP contribution is 2.68. The third-order valence-electron chi connectivity index (χ3n) is 9.19. The highest BCUT2D eigenvalue weighted by molar-refractivity contribution is 5.24. The number of fused-ring (bicyclic) bond motifs is 5. The Balaban J connectivity index is 1.68. The van der Waals surface area contributed by atoms with Crippen molar-refractivity contribution in [2.24, 2.45) is 40.4 Å². The van der Waals surface area contributed by atoms with Gasteiger partial charge in [0.25, 0.3) is 0 Å². The lowest BCUT2D eigenvalue weighted by Crippen LogP contribution is -2.55. The molecule has 4 saturated carbocycles. The van der Waals surface area contributed by atoms with E-state index in [4.69, 9.17) is 0 Å². The fourth-order valence-electron chi connectivity index (χ4n) is 7.94. The quantitative estimate of drug-likeness (QED) is 0.578. The molecule has 4 fully saturated rings. The smallest absolute Gasteiger partial charge is 0.0543 e. The molecule has 4 rings (SSSR count). The molecule has 0 spiro atoms. The fraction of sp³-hybridized carbons (Fsp3) is 0.909. The number of aliphatic hydroxyl groups is 1. The topological polar surface area (TPSA) is 20.2 Å². The van der Waals surface area contributed by atoms with E-state index in [1.807, 2.05) is 0 Å². The van der Waals surface area contributed by atoms with E-state index in [-0.39, 0.29) is 6.10 Å². The Morgan fingerprint density at radius 2 is 1.83 bits per heavy atom. The van der Waals surface area contributed by atoms with Crippen LogP contribution in [0, 0.1) is 40.4 Å². The van der Waals surface area contributed by atoms with Crippen molar-refractivity contribution in [1.29, 1.82) is 0 Å². The van der Waals surface area contributed by atoms with Crippen LogP contribution in [0.5, 0.6) is 0 Å². The summed E-state index contributed by atoms with van der Waals surface area (Å²) in [6.07, 6.45) is 12.8. The van der Waals surface area contributed by atoms with Crippen molar-refractivity contribution in [3.05, 3.63) is 11.6 Å². The van der Waals surface area contributed by atoms with E-state index in [1.54, 1.807) is 5.57 Å². The van der Waals surface area contributed by atoms with Gasteiger partial charge in [-0.3, -0.25) is 0 Å². The number of rotatable bonds is 0. The minimum atomic E-state index is -0.0215. The van der Waals surface area contributed by atoms with Crippen molar-refractivity contribution in [3.63, 3.8) is 0 Å². The highest BCUT2D eigenvalue weighted by atomic mass is 16.3. The maximum absolute atomic E-state index is 10.2. The van der Waals surface area contributed by atoms with Crippen LogP contribution in [0.15, 0.2) is 11.6 Å². The van der Waals surface area contributed by atoms with Gasteiger partial charge in [-0.25, -0.2) is 0 Å². The molecule has 0 heterocycles. The van der Waals surface area contributed by atoms with Crippen LogP contribution in [0.4, 0.5) is 0 Å². The van der Waals surface area contributed by atoms with Gasteiger partial charge in [-0.15, -0.1) is 0 Å². The maximum atomic E-state index is 10.2. The summed E-state index contributed by atoms with van der Waals surface area (Å²) in [6.45, 7) is 9.99. The van der Waals surface area contributed by atoms with Crippen molar-refractivity contribution in [2.45, 2.75) is 85.2 Å². The van der Waals surface area contributed by atoms with Gasteiger partial charge in [0.15, 0.2) is 0 Å². The Hall–Kier alpha value is -0.300. The van der Waals surface area contributed by atoms with Gasteiger partial charge in [-0.05, 0) is 98.7 Å². The minimum Gasteiger partial charge on any atom is -0.393 e. The molecule has 0 aromatic rings. The van der Waals surface area contributed by atoms with Crippen molar-refractivity contribution in [2.75, 3.05) is 0 Å². The highest BCUT2D eigenvalue weighted by Gasteiger charge is 2.60. The van der Waals surface area contributed by atoms with Gasteiger partial charge in [-0.1, -0.05) is 32.4 Å². The number of aliphatic hydroxyl groups excluding tert-OH is 1. The Kier molecular flexibility index (Phi) is 3.76. The molecule has 4 aliphatic rings. The van der Waals surface area contributed by atoms with Crippen molar-refractivity contribution >= 4 is 0 Å². The molecular weight excluding hydrogens is 280 g/mol. The number of hydrogen-bond acceptors (Lipinski definition) is 1. The molecule has 1 nitrogen and oxygen atoms in total. The van der Waals surface area contributed by atoms with E-state index < -0.39 is 0 Å². The third kappa shape index (κ3) is 2.14. The van der Waals surface area contributed by atoms with Gasteiger partial charge in [0.05, 0.1) is 6.10 Å². The molecule has 23 heavy (non-hydrogen) atoms. The molecule has 0 amide bonds. The first-order valence-corrected chi connectivity index (χ1v) is 10.2. The Labute approximate surface area is 142 Å². The Morgan fingerprint density at radius 1 is 1.04 bits per heavy atom. The van der Waals surface area contributed by atoms with Crippen LogP contribution in [0.3, 0.4) is 0 Å². The lowest BCUT2D eigenvalue weighted by Gasteiger charge is -2.62. The number of hydrogen-bond donors (Lipinski definition) is 1. The van der Waals surface area contributed by atoms with Crippen molar-refractivity contribution in [1.82, 2.24) is 0 Å². The molecule has 0 radical (unpaired) electrons. The summed E-state index contributed by atoms with van der Waals surface area (Å²) in [5, 5.41) is 10.2.